The number of carbonyl (C=O) groups excluding carboxylic acids is 1. The van der Waals surface area contributed by atoms with Crippen LogP contribution in [0.4, 0.5) is 5.69 Å². The number of benzene rings is 1. The second-order valence-electron chi connectivity index (χ2n) is 4.41. The SMILES string of the molecule is O=C(OCCCc1cccnc1)c1cccc([N+](=O)[O-])c1. The average molecular weight is 286 g/mol. The van der Waals surface area contributed by atoms with Crippen LogP contribution in [0.15, 0.2) is 48.8 Å². The first-order chi connectivity index (χ1) is 10.2. The van der Waals surface area contributed by atoms with E-state index in [4.69, 9.17) is 4.74 Å². The third-order valence-corrected chi connectivity index (χ3v) is 2.86. The number of hydrogen-bond acceptors (Lipinski definition) is 5. The van der Waals surface area contributed by atoms with Gasteiger partial charge in [-0.3, -0.25) is 15.1 Å². The second-order valence-corrected chi connectivity index (χ2v) is 4.41. The van der Waals surface area contributed by atoms with Crippen LogP contribution in [0.3, 0.4) is 0 Å². The molecular formula is C15H14N2O4. The molecule has 2 rings (SSSR count). The lowest BCUT2D eigenvalue weighted by atomic mass is 10.2. The van der Waals surface area contributed by atoms with Crippen molar-refractivity contribution >= 4 is 11.7 Å². The molecule has 0 saturated carbocycles. The highest BCUT2D eigenvalue weighted by atomic mass is 16.6. The van der Waals surface area contributed by atoms with Crippen molar-refractivity contribution in [3.05, 3.63) is 70.0 Å². The van der Waals surface area contributed by atoms with Gasteiger partial charge in [-0.25, -0.2) is 4.79 Å². The molecule has 2 aromatic rings. The number of nitro groups is 1. The summed E-state index contributed by atoms with van der Waals surface area (Å²) in [5, 5.41) is 10.6. The zero-order valence-corrected chi connectivity index (χ0v) is 11.3. The highest BCUT2D eigenvalue weighted by molar-refractivity contribution is 5.90. The Morgan fingerprint density at radius 2 is 2.14 bits per heavy atom. The molecule has 6 nitrogen and oxygen atoms in total. The Morgan fingerprint density at radius 1 is 1.29 bits per heavy atom. The van der Waals surface area contributed by atoms with Crippen LogP contribution < -0.4 is 0 Å². The number of aromatic nitrogens is 1. The fourth-order valence-corrected chi connectivity index (χ4v) is 1.82. The maximum atomic E-state index is 11.8. The zero-order chi connectivity index (χ0) is 15.1. The molecule has 0 radical (unpaired) electrons. The van der Waals surface area contributed by atoms with Crippen LogP contribution in [0.1, 0.15) is 22.3 Å². The Balaban J connectivity index is 1.82. The van der Waals surface area contributed by atoms with E-state index >= 15 is 0 Å². The minimum Gasteiger partial charge on any atom is -0.462 e. The summed E-state index contributed by atoms with van der Waals surface area (Å²) >= 11 is 0. The Morgan fingerprint density at radius 3 is 2.86 bits per heavy atom. The molecule has 1 heterocycles. The van der Waals surface area contributed by atoms with Gasteiger partial charge in [-0.15, -0.1) is 0 Å². The predicted octanol–water partition coefficient (Wildman–Crippen LogP) is 2.78. The molecule has 6 heteroatoms. The van der Waals surface area contributed by atoms with Crippen molar-refractivity contribution in [2.24, 2.45) is 0 Å². The summed E-state index contributed by atoms with van der Waals surface area (Å²) in [6.07, 6.45) is 4.90. The summed E-state index contributed by atoms with van der Waals surface area (Å²) in [4.78, 5) is 25.9. The molecule has 0 amide bonds. The molecule has 1 aromatic heterocycles. The van der Waals surface area contributed by atoms with Gasteiger partial charge in [-0.1, -0.05) is 12.1 Å². The van der Waals surface area contributed by atoms with Gasteiger partial charge in [0.05, 0.1) is 17.1 Å². The van der Waals surface area contributed by atoms with Crippen molar-refractivity contribution in [3.63, 3.8) is 0 Å². The van der Waals surface area contributed by atoms with E-state index in [2.05, 4.69) is 4.98 Å². The number of hydrogen-bond donors (Lipinski definition) is 0. The summed E-state index contributed by atoms with van der Waals surface area (Å²) in [5.41, 5.74) is 1.13. The fourth-order valence-electron chi connectivity index (χ4n) is 1.82. The highest BCUT2D eigenvalue weighted by Crippen LogP contribution is 2.14. The van der Waals surface area contributed by atoms with Gasteiger partial charge >= 0.3 is 5.97 Å². The van der Waals surface area contributed by atoms with E-state index in [1.54, 1.807) is 12.4 Å². The standard InChI is InChI=1S/C15H14N2O4/c18-15(13-6-1-7-14(10-13)17(19)20)21-9-3-5-12-4-2-8-16-11-12/h1-2,4,6-8,10-11H,3,5,9H2. The van der Waals surface area contributed by atoms with Gasteiger partial charge < -0.3 is 4.74 Å². The maximum absolute atomic E-state index is 11.8. The number of rotatable bonds is 6. The Kier molecular flexibility index (Phi) is 4.98. The molecule has 21 heavy (non-hydrogen) atoms. The molecule has 0 bridgehead atoms. The minimum atomic E-state index is -0.551. The number of carbonyl (C=O) groups is 1. The van der Waals surface area contributed by atoms with Gasteiger partial charge in [0, 0.05) is 24.5 Å². The first-order valence-electron chi connectivity index (χ1n) is 6.47. The van der Waals surface area contributed by atoms with Crippen LogP contribution in [0.5, 0.6) is 0 Å². The lowest BCUT2D eigenvalue weighted by Gasteiger charge is -2.05. The second kappa shape index (κ2) is 7.14. The number of aryl methyl sites for hydroxylation is 1. The monoisotopic (exact) mass is 286 g/mol. The van der Waals surface area contributed by atoms with Crippen LogP contribution in [-0.4, -0.2) is 22.5 Å². The smallest absolute Gasteiger partial charge is 0.338 e. The Labute approximate surface area is 121 Å². The van der Waals surface area contributed by atoms with Gasteiger partial charge in [0.25, 0.3) is 5.69 Å². The van der Waals surface area contributed by atoms with Crippen molar-refractivity contribution in [2.45, 2.75) is 12.8 Å². The molecule has 1 aromatic carbocycles. The number of nitrogens with zero attached hydrogens (tertiary/aromatic N) is 2. The van der Waals surface area contributed by atoms with E-state index in [0.717, 1.165) is 12.0 Å². The lowest BCUT2D eigenvalue weighted by molar-refractivity contribution is -0.384. The van der Waals surface area contributed by atoms with Gasteiger partial charge in [0.15, 0.2) is 0 Å². The molecule has 108 valence electrons. The van der Waals surface area contributed by atoms with E-state index in [1.165, 1.54) is 24.3 Å². The molecule has 0 aliphatic heterocycles. The molecule has 0 fully saturated rings. The zero-order valence-electron chi connectivity index (χ0n) is 11.3. The summed E-state index contributed by atoms with van der Waals surface area (Å²) in [6, 6.07) is 9.31. The number of pyridine rings is 1. The van der Waals surface area contributed by atoms with Gasteiger partial charge in [-0.05, 0) is 30.5 Å². The molecule has 0 saturated heterocycles. The van der Waals surface area contributed by atoms with Crippen molar-refractivity contribution < 1.29 is 14.5 Å². The molecule has 0 spiro atoms. The largest absolute Gasteiger partial charge is 0.462 e. The number of esters is 1. The Bertz CT molecular complexity index is 629. The fraction of sp³-hybridized carbons (Fsp3) is 0.200. The van der Waals surface area contributed by atoms with Crippen LogP contribution >= 0.6 is 0 Å². The minimum absolute atomic E-state index is 0.125. The van der Waals surface area contributed by atoms with E-state index in [-0.39, 0.29) is 17.9 Å². The molecule has 0 N–H and O–H groups in total. The number of nitro benzene ring substituents is 1. The van der Waals surface area contributed by atoms with Crippen LogP contribution in [0.2, 0.25) is 0 Å². The molecule has 0 unspecified atom stereocenters. The van der Waals surface area contributed by atoms with Gasteiger partial charge in [0.2, 0.25) is 0 Å². The van der Waals surface area contributed by atoms with Crippen LogP contribution in [0, 0.1) is 10.1 Å². The maximum Gasteiger partial charge on any atom is 0.338 e. The van der Waals surface area contributed by atoms with Crippen molar-refractivity contribution in [1.29, 1.82) is 0 Å². The predicted molar refractivity (Wildman–Crippen MR) is 75.9 cm³/mol. The van der Waals surface area contributed by atoms with Crippen molar-refractivity contribution in [1.82, 2.24) is 4.98 Å². The third kappa shape index (κ3) is 4.38. The van der Waals surface area contributed by atoms with Crippen LogP contribution in [-0.2, 0) is 11.2 Å². The average Bonchev–Trinajstić information content (AvgIpc) is 2.52. The molecule has 0 aliphatic rings. The number of ether oxygens (including phenoxy) is 1. The van der Waals surface area contributed by atoms with E-state index in [1.807, 2.05) is 12.1 Å². The summed E-state index contributed by atoms with van der Waals surface area (Å²) in [6.45, 7) is 0.260. The summed E-state index contributed by atoms with van der Waals surface area (Å²) in [5.74, 6) is -0.551. The molecule has 0 aliphatic carbocycles. The summed E-state index contributed by atoms with van der Waals surface area (Å²) in [7, 11) is 0. The first-order valence-corrected chi connectivity index (χ1v) is 6.47. The summed E-state index contributed by atoms with van der Waals surface area (Å²) < 4.78 is 5.10. The Hall–Kier alpha value is -2.76. The van der Waals surface area contributed by atoms with E-state index < -0.39 is 10.9 Å². The highest BCUT2D eigenvalue weighted by Gasteiger charge is 2.12. The quantitative estimate of drug-likeness (QED) is 0.353. The van der Waals surface area contributed by atoms with E-state index in [9.17, 15) is 14.9 Å². The lowest BCUT2D eigenvalue weighted by Crippen LogP contribution is -2.07. The number of non-ortho nitro benzene ring substituents is 1. The van der Waals surface area contributed by atoms with Gasteiger partial charge in [0.1, 0.15) is 0 Å². The van der Waals surface area contributed by atoms with Crippen molar-refractivity contribution in [3.8, 4) is 0 Å². The van der Waals surface area contributed by atoms with Gasteiger partial charge in [-0.2, -0.15) is 0 Å². The van der Waals surface area contributed by atoms with E-state index in [0.29, 0.717) is 6.42 Å². The molecule has 0 atom stereocenters. The topological polar surface area (TPSA) is 82.3 Å². The first kappa shape index (κ1) is 14.6. The normalized spacial score (nSPS) is 10.1. The molecular weight excluding hydrogens is 272 g/mol. The van der Waals surface area contributed by atoms with Crippen molar-refractivity contribution in [2.75, 3.05) is 6.61 Å². The third-order valence-electron chi connectivity index (χ3n) is 2.86. The van der Waals surface area contributed by atoms with Crippen LogP contribution in [0.25, 0.3) is 0 Å².